The molecule has 2 aromatic rings. The van der Waals surface area contributed by atoms with Crippen LogP contribution in [0.5, 0.6) is 0 Å². The van der Waals surface area contributed by atoms with Crippen molar-refractivity contribution in [2.75, 3.05) is 12.4 Å². The van der Waals surface area contributed by atoms with Crippen molar-refractivity contribution in [1.29, 1.82) is 0 Å². The Kier molecular flexibility index (Phi) is 7.89. The molecule has 0 N–H and O–H groups in total. The van der Waals surface area contributed by atoms with Crippen molar-refractivity contribution in [3.8, 4) is 11.1 Å². The predicted molar refractivity (Wildman–Crippen MR) is 103 cm³/mol. The summed E-state index contributed by atoms with van der Waals surface area (Å²) in [7, 11) is 0. The molecule has 29 heavy (non-hydrogen) atoms. The molecule has 0 fully saturated rings. The van der Waals surface area contributed by atoms with Gasteiger partial charge in [0.15, 0.2) is 5.12 Å². The average Bonchev–Trinajstić information content (AvgIpc) is 2.69. The van der Waals surface area contributed by atoms with E-state index in [9.17, 15) is 29.4 Å². The smallest absolute Gasteiger partial charge is 0.294 e. The lowest BCUT2D eigenvalue weighted by molar-refractivity contribution is -0.788. The molecule has 0 saturated carbocycles. The Morgan fingerprint density at radius 3 is 2.41 bits per heavy atom. The van der Waals surface area contributed by atoms with Crippen LogP contribution in [0.4, 0.5) is 4.39 Å². The van der Waals surface area contributed by atoms with Gasteiger partial charge in [0, 0.05) is 11.3 Å². The lowest BCUT2D eigenvalue weighted by Gasteiger charge is -2.15. The third kappa shape index (κ3) is 6.71. The number of rotatable bonds is 10. The molecule has 154 valence electrons. The molecule has 9 nitrogen and oxygen atoms in total. The highest BCUT2D eigenvalue weighted by molar-refractivity contribution is 8.13. The predicted octanol–water partition coefficient (Wildman–Crippen LogP) is 3.64. The normalized spacial score (nSPS) is 12.6. The molecule has 0 heterocycles. The van der Waals surface area contributed by atoms with Gasteiger partial charge in [-0.15, -0.1) is 20.2 Å². The SMILES string of the molecule is CC(C(=O)SCC(CO[N+](=O)[O-])O[N+](=O)[O-])c1ccc(-c2ccccc2)c(F)c1. The minimum atomic E-state index is -1.30. The highest BCUT2D eigenvalue weighted by Crippen LogP contribution is 2.28. The number of carbonyl (C=O) groups is 1. The van der Waals surface area contributed by atoms with Gasteiger partial charge in [-0.3, -0.25) is 4.79 Å². The molecule has 2 atom stereocenters. The van der Waals surface area contributed by atoms with Gasteiger partial charge in [0.1, 0.15) is 18.5 Å². The first-order chi connectivity index (χ1) is 13.8. The summed E-state index contributed by atoms with van der Waals surface area (Å²) >= 11 is 0.694. The fraction of sp³-hybridized carbons (Fsp3) is 0.278. The summed E-state index contributed by atoms with van der Waals surface area (Å²) in [5.41, 5.74) is 1.54. The summed E-state index contributed by atoms with van der Waals surface area (Å²) in [5, 5.41) is 18.1. The van der Waals surface area contributed by atoms with E-state index in [1.165, 1.54) is 6.07 Å². The van der Waals surface area contributed by atoms with Crippen molar-refractivity contribution < 1.29 is 29.0 Å². The molecular formula is C18H17FN2O7S. The Labute approximate surface area is 169 Å². The number of hydrogen-bond donors (Lipinski definition) is 0. The van der Waals surface area contributed by atoms with Crippen LogP contribution in [0.25, 0.3) is 11.1 Å². The fourth-order valence-corrected chi connectivity index (χ4v) is 3.36. The molecule has 0 amide bonds. The van der Waals surface area contributed by atoms with Gasteiger partial charge < -0.3 is 9.68 Å². The summed E-state index contributed by atoms with van der Waals surface area (Å²) in [5.74, 6) is -1.41. The second kappa shape index (κ2) is 10.4. The minimum absolute atomic E-state index is 0.234. The maximum absolute atomic E-state index is 14.5. The Morgan fingerprint density at radius 2 is 1.83 bits per heavy atom. The van der Waals surface area contributed by atoms with Gasteiger partial charge in [-0.1, -0.05) is 61.2 Å². The second-order valence-corrected chi connectivity index (χ2v) is 6.95. The lowest BCUT2D eigenvalue weighted by atomic mass is 9.98. The Bertz CT molecular complexity index is 882. The van der Waals surface area contributed by atoms with Gasteiger partial charge in [-0.05, 0) is 17.2 Å². The van der Waals surface area contributed by atoms with Crippen LogP contribution in [0.1, 0.15) is 18.4 Å². The first kappa shape index (κ1) is 22.1. The highest BCUT2D eigenvalue weighted by atomic mass is 32.2. The molecule has 0 aromatic heterocycles. The van der Waals surface area contributed by atoms with Crippen molar-refractivity contribution >= 4 is 16.9 Å². The fourth-order valence-electron chi connectivity index (χ4n) is 2.46. The summed E-state index contributed by atoms with van der Waals surface area (Å²) in [4.78, 5) is 41.4. The first-order valence-electron chi connectivity index (χ1n) is 8.38. The van der Waals surface area contributed by atoms with E-state index in [1.54, 1.807) is 43.3 Å². The third-order valence-corrected chi connectivity index (χ3v) is 5.12. The van der Waals surface area contributed by atoms with Crippen molar-refractivity contribution in [3.05, 3.63) is 80.1 Å². The van der Waals surface area contributed by atoms with Crippen molar-refractivity contribution in [2.45, 2.75) is 18.9 Å². The standard InChI is InChI=1S/C18H17FN2O7S/c1-12(18(22)29-11-15(28-21(25)26)10-27-20(23)24)14-7-8-16(17(19)9-14)13-5-3-2-4-6-13/h2-9,12,15H,10-11H2,1H3. The molecule has 2 aromatic carbocycles. The molecule has 0 bridgehead atoms. The largest absolute Gasteiger partial charge is 0.312 e. The first-order valence-corrected chi connectivity index (χ1v) is 9.36. The van der Waals surface area contributed by atoms with Gasteiger partial charge >= 0.3 is 0 Å². The van der Waals surface area contributed by atoms with Crippen LogP contribution in [0.15, 0.2) is 48.5 Å². The van der Waals surface area contributed by atoms with Gasteiger partial charge in [-0.25, -0.2) is 4.39 Å². The van der Waals surface area contributed by atoms with Crippen LogP contribution in [-0.2, 0) is 14.5 Å². The van der Waals surface area contributed by atoms with Crippen molar-refractivity contribution in [1.82, 2.24) is 0 Å². The molecule has 0 aliphatic heterocycles. The van der Waals surface area contributed by atoms with Crippen LogP contribution in [0.2, 0.25) is 0 Å². The highest BCUT2D eigenvalue weighted by Gasteiger charge is 2.22. The maximum Gasteiger partial charge on any atom is 0.294 e. The van der Waals surface area contributed by atoms with E-state index in [0.717, 1.165) is 0 Å². The molecule has 0 saturated heterocycles. The second-order valence-electron chi connectivity index (χ2n) is 5.93. The van der Waals surface area contributed by atoms with E-state index in [0.29, 0.717) is 28.5 Å². The summed E-state index contributed by atoms with van der Waals surface area (Å²) in [6.45, 7) is 0.881. The Morgan fingerprint density at radius 1 is 1.14 bits per heavy atom. The van der Waals surface area contributed by atoms with Crippen LogP contribution in [0.3, 0.4) is 0 Å². The molecule has 0 aliphatic carbocycles. The molecule has 0 spiro atoms. The lowest BCUT2D eigenvalue weighted by Crippen LogP contribution is -2.27. The van der Waals surface area contributed by atoms with Crippen molar-refractivity contribution in [2.24, 2.45) is 0 Å². The number of thioether (sulfide) groups is 1. The number of hydrogen-bond acceptors (Lipinski definition) is 8. The number of benzene rings is 2. The number of halogens is 1. The minimum Gasteiger partial charge on any atom is -0.312 e. The zero-order valence-corrected chi connectivity index (χ0v) is 16.0. The maximum atomic E-state index is 14.5. The Balaban J connectivity index is 2.02. The topological polar surface area (TPSA) is 122 Å². The van der Waals surface area contributed by atoms with Gasteiger partial charge in [0.2, 0.25) is 0 Å². The summed E-state index contributed by atoms with van der Waals surface area (Å²) in [6, 6.07) is 13.4. The molecule has 2 unspecified atom stereocenters. The van der Waals surface area contributed by atoms with Crippen LogP contribution >= 0.6 is 11.8 Å². The van der Waals surface area contributed by atoms with Crippen LogP contribution in [0, 0.1) is 26.0 Å². The van der Waals surface area contributed by atoms with Crippen LogP contribution in [-0.4, -0.2) is 33.8 Å². The molecule has 0 radical (unpaired) electrons. The molecule has 0 aliphatic rings. The van der Waals surface area contributed by atoms with E-state index in [-0.39, 0.29) is 5.75 Å². The summed E-state index contributed by atoms with van der Waals surface area (Å²) in [6.07, 6.45) is -1.30. The van der Waals surface area contributed by atoms with Gasteiger partial charge in [0.25, 0.3) is 10.2 Å². The molecule has 11 heteroatoms. The zero-order valence-electron chi connectivity index (χ0n) is 15.2. The van der Waals surface area contributed by atoms with Gasteiger partial charge in [0.05, 0.1) is 5.92 Å². The van der Waals surface area contributed by atoms with Crippen molar-refractivity contribution in [3.63, 3.8) is 0 Å². The van der Waals surface area contributed by atoms with E-state index in [1.807, 2.05) is 6.07 Å². The molecular weight excluding hydrogens is 407 g/mol. The zero-order chi connectivity index (χ0) is 21.4. The van der Waals surface area contributed by atoms with Crippen LogP contribution < -0.4 is 0 Å². The van der Waals surface area contributed by atoms with E-state index >= 15 is 0 Å². The number of carbonyl (C=O) groups excluding carboxylic acids is 1. The Hall–Kier alpha value is -3.21. The summed E-state index contributed by atoms with van der Waals surface area (Å²) < 4.78 is 14.5. The quantitative estimate of drug-likeness (QED) is 0.418. The third-order valence-electron chi connectivity index (χ3n) is 3.94. The van der Waals surface area contributed by atoms with E-state index < -0.39 is 39.7 Å². The number of nitrogens with zero attached hydrogens (tertiary/aromatic N) is 2. The average molecular weight is 424 g/mol. The molecule has 2 rings (SSSR count). The van der Waals surface area contributed by atoms with Gasteiger partial charge in [-0.2, -0.15) is 0 Å². The van der Waals surface area contributed by atoms with E-state index in [4.69, 9.17) is 0 Å². The van der Waals surface area contributed by atoms with E-state index in [2.05, 4.69) is 9.68 Å². The monoisotopic (exact) mass is 424 g/mol.